The number of carbonyl (C=O) groups excluding carboxylic acids is 1. The van der Waals surface area contributed by atoms with Crippen LogP contribution in [0.25, 0.3) is 11.1 Å². The fourth-order valence-corrected chi connectivity index (χ4v) is 4.99. The van der Waals surface area contributed by atoms with E-state index in [4.69, 9.17) is 15.2 Å². The van der Waals surface area contributed by atoms with Gasteiger partial charge >= 0.3 is 0 Å². The highest BCUT2D eigenvalue weighted by Gasteiger charge is 2.29. The lowest BCUT2D eigenvalue weighted by Crippen LogP contribution is -2.37. The minimum Gasteiger partial charge on any atom is -0.497 e. The number of amidine groups is 1. The highest BCUT2D eigenvalue weighted by Crippen LogP contribution is 2.35. The fraction of sp³-hybridized carbons (Fsp3) is 0.333. The van der Waals surface area contributed by atoms with Gasteiger partial charge in [-0.25, -0.2) is 4.39 Å². The molecule has 6 nitrogen and oxygen atoms in total. The van der Waals surface area contributed by atoms with Crippen molar-refractivity contribution in [3.05, 3.63) is 82.2 Å². The van der Waals surface area contributed by atoms with Crippen molar-refractivity contribution in [3.8, 4) is 22.6 Å². The Balaban J connectivity index is 1.52. The molecule has 1 aliphatic heterocycles. The summed E-state index contributed by atoms with van der Waals surface area (Å²) in [5, 5.41) is 0. The van der Waals surface area contributed by atoms with Crippen molar-refractivity contribution in [1.82, 2.24) is 4.90 Å². The molecule has 3 aromatic carbocycles. The molecular formula is C30H32FN3O3. The maximum Gasteiger partial charge on any atom is 0.254 e. The smallest absolute Gasteiger partial charge is 0.254 e. The van der Waals surface area contributed by atoms with Gasteiger partial charge in [-0.3, -0.25) is 9.79 Å². The summed E-state index contributed by atoms with van der Waals surface area (Å²) in [7, 11) is 3.22. The zero-order valence-electron chi connectivity index (χ0n) is 21.5. The van der Waals surface area contributed by atoms with Gasteiger partial charge < -0.3 is 20.1 Å². The average molecular weight is 502 g/mol. The predicted molar refractivity (Wildman–Crippen MR) is 143 cm³/mol. The molecule has 5 rings (SSSR count). The minimum absolute atomic E-state index is 0.0370. The third-order valence-electron chi connectivity index (χ3n) is 7.16. The third-order valence-corrected chi connectivity index (χ3v) is 7.16. The number of carbonyl (C=O) groups is 1. The number of fused-ring (bicyclic) bond motifs is 1. The van der Waals surface area contributed by atoms with E-state index in [0.29, 0.717) is 54.9 Å². The van der Waals surface area contributed by atoms with Crippen molar-refractivity contribution in [2.75, 3.05) is 20.8 Å². The maximum absolute atomic E-state index is 13.9. The second-order valence-electron chi connectivity index (χ2n) is 9.84. The summed E-state index contributed by atoms with van der Waals surface area (Å²) in [5.41, 5.74) is 12.4. The molecule has 192 valence electrons. The van der Waals surface area contributed by atoms with Crippen LogP contribution in [-0.4, -0.2) is 37.4 Å². The van der Waals surface area contributed by atoms with Gasteiger partial charge in [-0.2, -0.15) is 0 Å². The van der Waals surface area contributed by atoms with Crippen LogP contribution in [0.15, 0.2) is 53.5 Å². The number of benzene rings is 3. The number of amides is 1. The molecule has 0 saturated heterocycles. The van der Waals surface area contributed by atoms with Crippen LogP contribution in [0, 0.1) is 18.7 Å². The number of hydrogen-bond acceptors (Lipinski definition) is 4. The number of rotatable bonds is 8. The Bertz CT molecular complexity index is 1360. The number of aryl methyl sites for hydroxylation is 1. The van der Waals surface area contributed by atoms with Crippen LogP contribution >= 0.6 is 0 Å². The van der Waals surface area contributed by atoms with E-state index in [1.54, 1.807) is 20.3 Å². The second kappa shape index (κ2) is 10.2. The first-order valence-electron chi connectivity index (χ1n) is 12.6. The molecule has 7 heteroatoms. The standard InChI is InChI=1S/C30H32FN3O3/c1-18-10-22(31)6-7-25(18)27-13-19(16-33-29(32)21-4-5-21)14-28-26(27)8-9-34(30(28)35)17-20-11-23(36-2)15-24(12-20)37-3/h6-7,10-15,21H,4-5,8-9,16-17H2,1-3H3,(H2,32,33). The van der Waals surface area contributed by atoms with Crippen molar-refractivity contribution >= 4 is 11.7 Å². The lowest BCUT2D eigenvalue weighted by Gasteiger charge is -2.31. The molecule has 1 aliphatic carbocycles. The molecule has 37 heavy (non-hydrogen) atoms. The molecule has 3 aromatic rings. The van der Waals surface area contributed by atoms with Gasteiger partial charge in [0.05, 0.1) is 26.6 Å². The van der Waals surface area contributed by atoms with Crippen LogP contribution in [0.5, 0.6) is 11.5 Å². The molecule has 0 atom stereocenters. The SMILES string of the molecule is COc1cc(CN2CCc3c(cc(CN=C(N)C4CC4)cc3-c3ccc(F)cc3C)C2=O)cc(OC)c1. The summed E-state index contributed by atoms with van der Waals surface area (Å²) in [4.78, 5) is 20.3. The summed E-state index contributed by atoms with van der Waals surface area (Å²) in [6.07, 6.45) is 2.87. The Morgan fingerprint density at radius 1 is 1.00 bits per heavy atom. The van der Waals surface area contributed by atoms with Gasteiger partial charge in [-0.05, 0) is 96.0 Å². The average Bonchev–Trinajstić information content (AvgIpc) is 3.74. The van der Waals surface area contributed by atoms with Gasteiger partial charge in [0.15, 0.2) is 0 Å². The molecule has 2 aliphatic rings. The Labute approximate surface area is 216 Å². The molecule has 1 fully saturated rings. The first-order valence-corrected chi connectivity index (χ1v) is 12.6. The first-order chi connectivity index (χ1) is 17.9. The van der Waals surface area contributed by atoms with Gasteiger partial charge in [-0.1, -0.05) is 6.07 Å². The van der Waals surface area contributed by atoms with Crippen molar-refractivity contribution < 1.29 is 18.7 Å². The van der Waals surface area contributed by atoms with Gasteiger partial charge in [0.25, 0.3) is 5.91 Å². The molecule has 0 spiro atoms. The molecule has 1 saturated carbocycles. The summed E-state index contributed by atoms with van der Waals surface area (Å²) in [6.45, 7) is 3.32. The Morgan fingerprint density at radius 2 is 1.70 bits per heavy atom. The number of ether oxygens (including phenoxy) is 2. The molecule has 0 bridgehead atoms. The summed E-state index contributed by atoms with van der Waals surface area (Å²) < 4.78 is 24.7. The zero-order chi connectivity index (χ0) is 26.1. The van der Waals surface area contributed by atoms with Crippen LogP contribution < -0.4 is 15.2 Å². The molecular weight excluding hydrogens is 469 g/mol. The van der Waals surface area contributed by atoms with Gasteiger partial charge in [0.1, 0.15) is 17.3 Å². The minimum atomic E-state index is -0.274. The van der Waals surface area contributed by atoms with Gasteiger partial charge in [0.2, 0.25) is 0 Å². The van der Waals surface area contributed by atoms with Crippen LogP contribution in [0.3, 0.4) is 0 Å². The van der Waals surface area contributed by atoms with E-state index in [9.17, 15) is 9.18 Å². The van der Waals surface area contributed by atoms with Gasteiger partial charge in [0, 0.05) is 30.6 Å². The highest BCUT2D eigenvalue weighted by molar-refractivity contribution is 5.99. The number of halogens is 1. The molecule has 0 aromatic heterocycles. The van der Waals surface area contributed by atoms with Crippen LogP contribution in [-0.2, 0) is 19.5 Å². The topological polar surface area (TPSA) is 77.1 Å². The third kappa shape index (κ3) is 5.31. The maximum atomic E-state index is 13.9. The monoisotopic (exact) mass is 501 g/mol. The van der Waals surface area contributed by atoms with Crippen molar-refractivity contribution in [1.29, 1.82) is 0 Å². The number of nitrogens with two attached hydrogens (primary N) is 1. The molecule has 1 amide bonds. The number of hydrogen-bond donors (Lipinski definition) is 1. The number of aliphatic imine (C=N–C) groups is 1. The highest BCUT2D eigenvalue weighted by atomic mass is 19.1. The number of methoxy groups -OCH3 is 2. The molecule has 1 heterocycles. The van der Waals surface area contributed by atoms with E-state index in [0.717, 1.165) is 46.2 Å². The van der Waals surface area contributed by atoms with Gasteiger partial charge in [-0.15, -0.1) is 0 Å². The quantitative estimate of drug-likeness (QED) is 0.336. The van der Waals surface area contributed by atoms with E-state index >= 15 is 0 Å². The van der Waals surface area contributed by atoms with Crippen LogP contribution in [0.2, 0.25) is 0 Å². The first kappa shape index (κ1) is 24.8. The van der Waals surface area contributed by atoms with Crippen molar-refractivity contribution in [2.24, 2.45) is 16.6 Å². The summed E-state index contributed by atoms with van der Waals surface area (Å²) in [5.74, 6) is 2.11. The van der Waals surface area contributed by atoms with Crippen LogP contribution in [0.4, 0.5) is 4.39 Å². The Hall–Kier alpha value is -3.87. The van der Waals surface area contributed by atoms with E-state index in [-0.39, 0.29) is 11.7 Å². The fourth-order valence-electron chi connectivity index (χ4n) is 4.99. The normalized spacial score (nSPS) is 15.5. The van der Waals surface area contributed by atoms with Crippen molar-refractivity contribution in [2.45, 2.75) is 39.3 Å². The molecule has 0 radical (unpaired) electrons. The zero-order valence-corrected chi connectivity index (χ0v) is 21.5. The van der Waals surface area contributed by atoms with E-state index in [1.807, 2.05) is 36.1 Å². The Kier molecular flexibility index (Phi) is 6.87. The second-order valence-corrected chi connectivity index (χ2v) is 9.84. The lowest BCUT2D eigenvalue weighted by molar-refractivity contribution is 0.0727. The summed E-state index contributed by atoms with van der Waals surface area (Å²) >= 11 is 0. The lowest BCUT2D eigenvalue weighted by atomic mass is 9.86. The Morgan fingerprint density at radius 3 is 2.35 bits per heavy atom. The van der Waals surface area contributed by atoms with E-state index in [2.05, 4.69) is 11.1 Å². The molecule has 2 N–H and O–H groups in total. The largest absolute Gasteiger partial charge is 0.497 e. The van der Waals surface area contributed by atoms with E-state index in [1.165, 1.54) is 12.1 Å². The predicted octanol–water partition coefficient (Wildman–Crippen LogP) is 5.28. The number of nitrogens with zero attached hydrogens (tertiary/aromatic N) is 2. The summed E-state index contributed by atoms with van der Waals surface area (Å²) in [6, 6.07) is 14.5. The van der Waals surface area contributed by atoms with Crippen LogP contribution in [0.1, 0.15) is 45.5 Å². The van der Waals surface area contributed by atoms with E-state index < -0.39 is 0 Å². The van der Waals surface area contributed by atoms with Crippen molar-refractivity contribution in [3.63, 3.8) is 0 Å². The molecule has 0 unspecified atom stereocenters.